The summed E-state index contributed by atoms with van der Waals surface area (Å²) in [5, 5.41) is 5.06. The van der Waals surface area contributed by atoms with Gasteiger partial charge in [-0.2, -0.15) is 5.10 Å². The number of carbonyl (C=O) groups excluding carboxylic acids is 1. The van der Waals surface area contributed by atoms with Crippen molar-refractivity contribution in [3.63, 3.8) is 0 Å². The first-order valence-electron chi connectivity index (χ1n) is 8.84. The summed E-state index contributed by atoms with van der Waals surface area (Å²) in [4.78, 5) is 16.3. The van der Waals surface area contributed by atoms with Gasteiger partial charge < -0.3 is 4.74 Å². The third-order valence-electron chi connectivity index (χ3n) is 4.05. The van der Waals surface area contributed by atoms with Gasteiger partial charge in [-0.05, 0) is 38.0 Å². The van der Waals surface area contributed by atoms with Crippen LogP contribution in [0.25, 0.3) is 11.4 Å². The number of esters is 1. The van der Waals surface area contributed by atoms with Crippen molar-refractivity contribution in [3.05, 3.63) is 35.1 Å². The van der Waals surface area contributed by atoms with Crippen LogP contribution in [0.1, 0.15) is 51.6 Å². The molecule has 0 aliphatic rings. The molecule has 2 rings (SSSR count). The smallest absolute Gasteiger partial charge is 0.306 e. The van der Waals surface area contributed by atoms with Gasteiger partial charge in [0.05, 0.1) is 34.6 Å². The summed E-state index contributed by atoms with van der Waals surface area (Å²) >= 11 is 5.87. The van der Waals surface area contributed by atoms with Crippen LogP contribution in [0.5, 0.6) is 0 Å². The van der Waals surface area contributed by atoms with Crippen LogP contribution in [0.15, 0.2) is 24.4 Å². The minimum absolute atomic E-state index is 0.0170. The van der Waals surface area contributed by atoms with E-state index in [1.165, 1.54) is 12.8 Å². The predicted molar refractivity (Wildman–Crippen MR) is 99.5 cm³/mol. The maximum absolute atomic E-state index is 12.0. The molecule has 0 aliphatic heterocycles. The number of rotatable bonds is 9. The van der Waals surface area contributed by atoms with E-state index in [1.807, 2.05) is 26.1 Å². The van der Waals surface area contributed by atoms with Gasteiger partial charge in [0.1, 0.15) is 0 Å². The van der Waals surface area contributed by atoms with Crippen molar-refractivity contribution in [2.45, 2.75) is 58.5 Å². The zero-order chi connectivity index (χ0) is 18.2. The number of aromatic nitrogens is 3. The van der Waals surface area contributed by atoms with Crippen LogP contribution in [-0.4, -0.2) is 26.8 Å². The maximum Gasteiger partial charge on any atom is 0.306 e. The minimum Gasteiger partial charge on any atom is -0.463 e. The van der Waals surface area contributed by atoms with E-state index in [1.54, 1.807) is 16.9 Å². The minimum atomic E-state index is -0.166. The summed E-state index contributed by atoms with van der Waals surface area (Å²) < 4.78 is 7.22. The van der Waals surface area contributed by atoms with Crippen molar-refractivity contribution >= 4 is 17.6 Å². The first-order chi connectivity index (χ1) is 12.0. The standard InChI is InChI=1S/C19H26ClN3O2/c1-4-5-6-7-14(2)25-19(24)11-9-16-12-18(23(3)22-16)17-10-8-15(20)13-21-17/h8,10,12-14H,4-7,9,11H2,1-3H3. The third-order valence-corrected chi connectivity index (χ3v) is 4.28. The lowest BCUT2D eigenvalue weighted by molar-refractivity contribution is -0.148. The number of hydrogen-bond acceptors (Lipinski definition) is 4. The quantitative estimate of drug-likeness (QED) is 0.483. The number of halogens is 1. The fourth-order valence-corrected chi connectivity index (χ4v) is 2.78. The lowest BCUT2D eigenvalue weighted by atomic mass is 10.1. The zero-order valence-electron chi connectivity index (χ0n) is 15.2. The molecule has 0 aromatic carbocycles. The van der Waals surface area contributed by atoms with Crippen molar-refractivity contribution in [2.75, 3.05) is 0 Å². The Hall–Kier alpha value is -1.88. The molecular formula is C19H26ClN3O2. The molecule has 0 saturated heterocycles. The molecule has 6 heteroatoms. The number of ether oxygens (including phenoxy) is 1. The molecule has 5 nitrogen and oxygen atoms in total. The number of pyridine rings is 1. The summed E-state index contributed by atoms with van der Waals surface area (Å²) in [6.45, 7) is 4.12. The molecule has 0 aliphatic carbocycles. The largest absolute Gasteiger partial charge is 0.463 e. The second kappa shape index (κ2) is 9.56. The molecule has 0 N–H and O–H groups in total. The fourth-order valence-electron chi connectivity index (χ4n) is 2.67. The predicted octanol–water partition coefficient (Wildman–Crippen LogP) is 4.58. The van der Waals surface area contributed by atoms with Crippen molar-refractivity contribution in [2.24, 2.45) is 7.05 Å². The van der Waals surface area contributed by atoms with E-state index in [2.05, 4.69) is 17.0 Å². The molecule has 1 atom stereocenters. The van der Waals surface area contributed by atoms with Gasteiger partial charge in [-0.15, -0.1) is 0 Å². The number of carbonyl (C=O) groups is 1. The Morgan fingerprint density at radius 3 is 2.84 bits per heavy atom. The second-order valence-electron chi connectivity index (χ2n) is 6.30. The molecular weight excluding hydrogens is 338 g/mol. The Morgan fingerprint density at radius 2 is 2.16 bits per heavy atom. The van der Waals surface area contributed by atoms with Crippen LogP contribution in [0, 0.1) is 0 Å². The highest BCUT2D eigenvalue weighted by molar-refractivity contribution is 6.30. The average Bonchev–Trinajstić information content (AvgIpc) is 2.95. The Labute approximate surface area is 154 Å². The lowest BCUT2D eigenvalue weighted by Gasteiger charge is -2.12. The van der Waals surface area contributed by atoms with E-state index in [-0.39, 0.29) is 12.1 Å². The molecule has 0 saturated carbocycles. The maximum atomic E-state index is 12.0. The molecule has 1 unspecified atom stereocenters. The molecule has 0 radical (unpaired) electrons. The number of nitrogens with zero attached hydrogens (tertiary/aromatic N) is 3. The summed E-state index contributed by atoms with van der Waals surface area (Å²) in [5.74, 6) is -0.166. The first kappa shape index (κ1) is 19.4. The van der Waals surface area contributed by atoms with Crippen LogP contribution >= 0.6 is 11.6 Å². The average molecular weight is 364 g/mol. The van der Waals surface area contributed by atoms with Crippen molar-refractivity contribution in [1.29, 1.82) is 0 Å². The second-order valence-corrected chi connectivity index (χ2v) is 6.74. The highest BCUT2D eigenvalue weighted by Crippen LogP contribution is 2.20. The monoisotopic (exact) mass is 363 g/mol. The number of unbranched alkanes of at least 4 members (excludes halogenated alkanes) is 2. The molecule has 0 bridgehead atoms. The van der Waals surface area contributed by atoms with Gasteiger partial charge in [0.25, 0.3) is 0 Å². The van der Waals surface area contributed by atoms with Crippen LogP contribution in [-0.2, 0) is 23.0 Å². The van der Waals surface area contributed by atoms with Crippen LogP contribution in [0.3, 0.4) is 0 Å². The van der Waals surface area contributed by atoms with E-state index in [9.17, 15) is 4.79 Å². The van der Waals surface area contributed by atoms with Crippen LogP contribution < -0.4 is 0 Å². The zero-order valence-corrected chi connectivity index (χ0v) is 15.9. The van der Waals surface area contributed by atoms with Gasteiger partial charge in [-0.1, -0.05) is 31.4 Å². The van der Waals surface area contributed by atoms with Gasteiger partial charge >= 0.3 is 5.97 Å². The van der Waals surface area contributed by atoms with Gasteiger partial charge in [0.2, 0.25) is 0 Å². The van der Waals surface area contributed by atoms with Crippen molar-refractivity contribution in [3.8, 4) is 11.4 Å². The van der Waals surface area contributed by atoms with Gasteiger partial charge in [-0.25, -0.2) is 0 Å². The lowest BCUT2D eigenvalue weighted by Crippen LogP contribution is -2.15. The third kappa shape index (κ3) is 6.16. The van der Waals surface area contributed by atoms with Crippen LogP contribution in [0.4, 0.5) is 0 Å². The highest BCUT2D eigenvalue weighted by Gasteiger charge is 2.13. The fraction of sp³-hybridized carbons (Fsp3) is 0.526. The topological polar surface area (TPSA) is 57.0 Å². The summed E-state index contributed by atoms with van der Waals surface area (Å²) in [6.07, 6.45) is 6.86. The van der Waals surface area contributed by atoms with E-state index in [4.69, 9.17) is 16.3 Å². The number of aryl methyl sites for hydroxylation is 2. The summed E-state index contributed by atoms with van der Waals surface area (Å²) in [7, 11) is 1.86. The van der Waals surface area contributed by atoms with E-state index >= 15 is 0 Å². The molecule has 0 spiro atoms. The molecule has 0 fully saturated rings. The van der Waals surface area contributed by atoms with Gasteiger partial charge in [0.15, 0.2) is 0 Å². The van der Waals surface area contributed by atoms with Gasteiger partial charge in [-0.3, -0.25) is 14.5 Å². The van der Waals surface area contributed by atoms with Crippen LogP contribution in [0.2, 0.25) is 5.02 Å². The molecule has 25 heavy (non-hydrogen) atoms. The highest BCUT2D eigenvalue weighted by atomic mass is 35.5. The Morgan fingerprint density at radius 1 is 1.36 bits per heavy atom. The SMILES string of the molecule is CCCCCC(C)OC(=O)CCc1cc(-c2ccc(Cl)cn2)n(C)n1. The first-order valence-corrected chi connectivity index (χ1v) is 9.21. The van der Waals surface area contributed by atoms with Crippen molar-refractivity contribution in [1.82, 2.24) is 14.8 Å². The molecule has 2 aromatic heterocycles. The molecule has 0 amide bonds. The normalized spacial score (nSPS) is 12.2. The summed E-state index contributed by atoms with van der Waals surface area (Å²) in [5.41, 5.74) is 2.55. The van der Waals surface area contributed by atoms with E-state index in [0.717, 1.165) is 29.9 Å². The number of hydrogen-bond donors (Lipinski definition) is 0. The van der Waals surface area contributed by atoms with E-state index < -0.39 is 0 Å². The Balaban J connectivity index is 1.86. The van der Waals surface area contributed by atoms with Crippen molar-refractivity contribution < 1.29 is 9.53 Å². The molecule has 2 aromatic rings. The Bertz CT molecular complexity index is 682. The Kier molecular flexibility index (Phi) is 7.44. The summed E-state index contributed by atoms with van der Waals surface area (Å²) in [6, 6.07) is 5.61. The molecule has 2 heterocycles. The van der Waals surface area contributed by atoms with E-state index in [0.29, 0.717) is 17.9 Å². The van der Waals surface area contributed by atoms with Gasteiger partial charge in [0, 0.05) is 19.7 Å². The molecule has 136 valence electrons.